The second kappa shape index (κ2) is 4.96. The summed E-state index contributed by atoms with van der Waals surface area (Å²) in [5, 5.41) is 7.98. The summed E-state index contributed by atoms with van der Waals surface area (Å²) in [5.74, 6) is 0. The van der Waals surface area contributed by atoms with Crippen LogP contribution in [-0.4, -0.2) is 14.6 Å². The number of rotatable bonds is 3. The zero-order valence-corrected chi connectivity index (χ0v) is 12.0. The largest absolute Gasteiger partial charge is 0.378 e. The molecule has 0 amide bonds. The monoisotopic (exact) mass is 266 g/mol. The van der Waals surface area contributed by atoms with E-state index in [9.17, 15) is 0 Å². The van der Waals surface area contributed by atoms with Crippen molar-refractivity contribution < 1.29 is 0 Å². The lowest BCUT2D eigenvalue weighted by Gasteiger charge is -2.17. The maximum absolute atomic E-state index is 4.49. The lowest BCUT2D eigenvalue weighted by atomic mass is 10.1. The Morgan fingerprint density at radius 3 is 2.65 bits per heavy atom. The molecule has 1 aromatic carbocycles. The smallest absolute Gasteiger partial charge is 0.155 e. The van der Waals surface area contributed by atoms with Crippen molar-refractivity contribution in [3.8, 4) is 0 Å². The maximum Gasteiger partial charge on any atom is 0.155 e. The van der Waals surface area contributed by atoms with Crippen LogP contribution < -0.4 is 5.32 Å². The van der Waals surface area contributed by atoms with Crippen LogP contribution in [0.1, 0.15) is 29.9 Å². The van der Waals surface area contributed by atoms with E-state index in [2.05, 4.69) is 41.4 Å². The van der Waals surface area contributed by atoms with E-state index in [1.54, 1.807) is 0 Å². The quantitative estimate of drug-likeness (QED) is 0.788. The molecule has 4 nitrogen and oxygen atoms in total. The third-order valence-corrected chi connectivity index (χ3v) is 3.51. The predicted octanol–water partition coefficient (Wildman–Crippen LogP) is 3.52. The van der Waals surface area contributed by atoms with E-state index in [0.717, 1.165) is 28.3 Å². The summed E-state index contributed by atoms with van der Waals surface area (Å²) < 4.78 is 1.91. The molecule has 0 spiro atoms. The van der Waals surface area contributed by atoms with Crippen LogP contribution in [-0.2, 0) is 0 Å². The molecule has 0 bridgehead atoms. The molecule has 0 saturated carbocycles. The van der Waals surface area contributed by atoms with Crippen LogP contribution in [0.4, 0.5) is 5.69 Å². The summed E-state index contributed by atoms with van der Waals surface area (Å²) in [6, 6.07) is 12.4. The van der Waals surface area contributed by atoms with Crippen LogP contribution in [0.2, 0.25) is 0 Å². The van der Waals surface area contributed by atoms with Crippen LogP contribution in [0.25, 0.3) is 5.65 Å². The Kier molecular flexibility index (Phi) is 3.14. The maximum atomic E-state index is 4.49. The van der Waals surface area contributed by atoms with Gasteiger partial charge in [-0.15, -0.1) is 0 Å². The van der Waals surface area contributed by atoms with Crippen molar-refractivity contribution in [3.63, 3.8) is 0 Å². The first-order valence-electron chi connectivity index (χ1n) is 6.78. The molecule has 102 valence electrons. The van der Waals surface area contributed by atoms with Gasteiger partial charge in [0, 0.05) is 29.2 Å². The van der Waals surface area contributed by atoms with Crippen molar-refractivity contribution >= 4 is 11.3 Å². The number of anilines is 1. The van der Waals surface area contributed by atoms with E-state index in [0.29, 0.717) is 0 Å². The number of aryl methyl sites for hydroxylation is 2. The van der Waals surface area contributed by atoms with Crippen LogP contribution in [0, 0.1) is 13.8 Å². The number of fused-ring (bicyclic) bond motifs is 1. The average molecular weight is 266 g/mol. The summed E-state index contributed by atoms with van der Waals surface area (Å²) in [6.45, 7) is 6.21. The first-order chi connectivity index (χ1) is 9.65. The lowest BCUT2D eigenvalue weighted by molar-refractivity contribution is 0.798. The van der Waals surface area contributed by atoms with Gasteiger partial charge in [0.1, 0.15) is 0 Å². The van der Waals surface area contributed by atoms with Crippen molar-refractivity contribution in [2.24, 2.45) is 0 Å². The summed E-state index contributed by atoms with van der Waals surface area (Å²) in [6.07, 6.45) is 1.94. The second-order valence-electron chi connectivity index (χ2n) is 5.09. The van der Waals surface area contributed by atoms with Gasteiger partial charge >= 0.3 is 0 Å². The Labute approximate surface area is 118 Å². The van der Waals surface area contributed by atoms with E-state index in [4.69, 9.17) is 0 Å². The summed E-state index contributed by atoms with van der Waals surface area (Å²) in [5.41, 5.74) is 5.27. The molecule has 4 heteroatoms. The highest BCUT2D eigenvalue weighted by atomic mass is 15.3. The number of para-hydroxylation sites is 1. The molecule has 20 heavy (non-hydrogen) atoms. The molecule has 1 unspecified atom stereocenters. The Balaban J connectivity index is 1.95. The van der Waals surface area contributed by atoms with Crippen molar-refractivity contribution in [2.75, 3.05) is 5.32 Å². The molecule has 1 N–H and O–H groups in total. The highest BCUT2D eigenvalue weighted by Gasteiger charge is 2.12. The highest BCUT2D eigenvalue weighted by Crippen LogP contribution is 2.22. The standard InChI is InChI=1S/C16H18N4/c1-11-9-16-17-10-15(13(3)20(16)19-11)12(2)18-14-7-5-4-6-8-14/h4-10,12,18H,1-3H3. The van der Waals surface area contributed by atoms with Gasteiger partial charge in [-0.3, -0.25) is 0 Å². The fourth-order valence-electron chi connectivity index (χ4n) is 2.46. The third kappa shape index (κ3) is 2.25. The van der Waals surface area contributed by atoms with Crippen molar-refractivity contribution in [1.29, 1.82) is 0 Å². The molecule has 0 aliphatic rings. The molecule has 0 saturated heterocycles. The summed E-state index contributed by atoms with van der Waals surface area (Å²) in [4.78, 5) is 4.49. The third-order valence-electron chi connectivity index (χ3n) is 3.51. The van der Waals surface area contributed by atoms with Crippen molar-refractivity contribution in [1.82, 2.24) is 14.6 Å². The minimum absolute atomic E-state index is 0.179. The van der Waals surface area contributed by atoms with E-state index >= 15 is 0 Å². The molecule has 3 aromatic rings. The predicted molar refractivity (Wildman–Crippen MR) is 80.9 cm³/mol. The van der Waals surface area contributed by atoms with Gasteiger partial charge in [0.05, 0.1) is 11.7 Å². The van der Waals surface area contributed by atoms with Gasteiger partial charge in [-0.25, -0.2) is 9.50 Å². The summed E-state index contributed by atoms with van der Waals surface area (Å²) in [7, 11) is 0. The summed E-state index contributed by atoms with van der Waals surface area (Å²) >= 11 is 0. The number of aromatic nitrogens is 3. The van der Waals surface area contributed by atoms with E-state index in [1.165, 1.54) is 0 Å². The van der Waals surface area contributed by atoms with Gasteiger partial charge in [-0.2, -0.15) is 5.10 Å². The molecule has 0 fully saturated rings. The second-order valence-corrected chi connectivity index (χ2v) is 5.09. The Morgan fingerprint density at radius 2 is 1.90 bits per heavy atom. The normalized spacial score (nSPS) is 12.6. The lowest BCUT2D eigenvalue weighted by Crippen LogP contribution is -2.11. The fourth-order valence-corrected chi connectivity index (χ4v) is 2.46. The van der Waals surface area contributed by atoms with E-state index in [1.807, 2.05) is 41.9 Å². The molecule has 2 aromatic heterocycles. The molecule has 1 atom stereocenters. The number of hydrogen-bond donors (Lipinski definition) is 1. The molecule has 3 rings (SSSR count). The van der Waals surface area contributed by atoms with Gasteiger partial charge in [-0.1, -0.05) is 18.2 Å². The Hall–Kier alpha value is -2.36. The van der Waals surface area contributed by atoms with Gasteiger partial charge in [0.25, 0.3) is 0 Å². The molecule has 0 aliphatic heterocycles. The molecule has 0 aliphatic carbocycles. The van der Waals surface area contributed by atoms with E-state index in [-0.39, 0.29) is 6.04 Å². The first-order valence-corrected chi connectivity index (χ1v) is 6.78. The number of nitrogens with one attached hydrogen (secondary N) is 1. The molecule has 0 radical (unpaired) electrons. The van der Waals surface area contributed by atoms with Crippen LogP contribution in [0.3, 0.4) is 0 Å². The fraction of sp³-hybridized carbons (Fsp3) is 0.250. The Morgan fingerprint density at radius 1 is 1.15 bits per heavy atom. The number of nitrogens with zero attached hydrogens (tertiary/aromatic N) is 3. The van der Waals surface area contributed by atoms with Gasteiger partial charge in [-0.05, 0) is 32.9 Å². The minimum Gasteiger partial charge on any atom is -0.378 e. The number of hydrogen-bond acceptors (Lipinski definition) is 3. The van der Waals surface area contributed by atoms with Crippen LogP contribution >= 0.6 is 0 Å². The van der Waals surface area contributed by atoms with Crippen molar-refractivity contribution in [2.45, 2.75) is 26.8 Å². The molecule has 2 heterocycles. The zero-order chi connectivity index (χ0) is 14.1. The average Bonchev–Trinajstić information content (AvgIpc) is 2.82. The van der Waals surface area contributed by atoms with Crippen molar-refractivity contribution in [3.05, 3.63) is 59.5 Å². The molecular formula is C16H18N4. The topological polar surface area (TPSA) is 42.2 Å². The molecular weight excluding hydrogens is 248 g/mol. The number of benzene rings is 1. The zero-order valence-electron chi connectivity index (χ0n) is 12.0. The highest BCUT2D eigenvalue weighted by molar-refractivity contribution is 5.47. The van der Waals surface area contributed by atoms with Crippen LogP contribution in [0.15, 0.2) is 42.6 Å². The minimum atomic E-state index is 0.179. The first kappa shape index (κ1) is 12.7. The Bertz CT molecular complexity index is 731. The van der Waals surface area contributed by atoms with Crippen LogP contribution in [0.5, 0.6) is 0 Å². The van der Waals surface area contributed by atoms with Gasteiger partial charge in [0.2, 0.25) is 0 Å². The van der Waals surface area contributed by atoms with E-state index < -0.39 is 0 Å². The van der Waals surface area contributed by atoms with Gasteiger partial charge < -0.3 is 5.32 Å². The van der Waals surface area contributed by atoms with Gasteiger partial charge in [0.15, 0.2) is 5.65 Å². The SMILES string of the molecule is Cc1cc2ncc(C(C)Nc3ccccc3)c(C)n2n1.